The highest BCUT2D eigenvalue weighted by atomic mass is 15.0. The zero-order valence-corrected chi connectivity index (χ0v) is 21.2. The van der Waals surface area contributed by atoms with Crippen LogP contribution in [0.15, 0.2) is 103 Å². The van der Waals surface area contributed by atoms with Crippen LogP contribution in [0.5, 0.6) is 0 Å². The normalized spacial score (nSPS) is 13.2. The van der Waals surface area contributed by atoms with Crippen molar-refractivity contribution in [2.75, 3.05) is 0 Å². The molecule has 3 heteroatoms. The Labute approximate surface area is 221 Å². The van der Waals surface area contributed by atoms with Gasteiger partial charge < -0.3 is 4.57 Å². The number of aromatic nitrogens is 1. The summed E-state index contributed by atoms with van der Waals surface area (Å²) in [5, 5.41) is 22.2. The molecule has 1 aliphatic rings. The number of fused-ring (bicyclic) bond motifs is 6. The lowest BCUT2D eigenvalue weighted by atomic mass is 9.82. The van der Waals surface area contributed by atoms with Crippen LogP contribution in [0.2, 0.25) is 0 Å². The fourth-order valence-corrected chi connectivity index (χ4v) is 6.36. The maximum atomic E-state index is 9.98. The second-order valence-corrected chi connectivity index (χ2v) is 10.4. The minimum atomic E-state index is -0.0656. The van der Waals surface area contributed by atoms with Gasteiger partial charge in [0.1, 0.15) is 0 Å². The first-order valence-electron chi connectivity index (χ1n) is 12.7. The number of para-hydroxylation sites is 2. The molecule has 1 aliphatic carbocycles. The molecule has 0 atom stereocenters. The van der Waals surface area contributed by atoms with Crippen LogP contribution < -0.4 is 0 Å². The van der Waals surface area contributed by atoms with E-state index in [0.717, 1.165) is 33.1 Å². The highest BCUT2D eigenvalue weighted by Gasteiger charge is 2.35. The molecule has 0 radical (unpaired) electrons. The fraction of sp³-hybridized carbons (Fsp3) is 0.0857. The van der Waals surface area contributed by atoms with Gasteiger partial charge in [-0.3, -0.25) is 0 Å². The van der Waals surface area contributed by atoms with Crippen molar-refractivity contribution in [1.29, 1.82) is 10.5 Å². The Balaban J connectivity index is 1.61. The first-order valence-corrected chi connectivity index (χ1v) is 12.7. The van der Waals surface area contributed by atoms with Crippen LogP contribution in [0.25, 0.3) is 49.7 Å². The molecule has 178 valence electrons. The van der Waals surface area contributed by atoms with Crippen molar-refractivity contribution >= 4 is 21.8 Å². The molecule has 1 heterocycles. The van der Waals surface area contributed by atoms with Crippen LogP contribution in [-0.2, 0) is 5.41 Å². The molecule has 0 fully saturated rings. The Morgan fingerprint density at radius 1 is 0.605 bits per heavy atom. The van der Waals surface area contributed by atoms with Gasteiger partial charge >= 0.3 is 0 Å². The van der Waals surface area contributed by atoms with Gasteiger partial charge in [0, 0.05) is 33.0 Å². The third-order valence-electron chi connectivity index (χ3n) is 8.09. The molecule has 7 rings (SSSR count). The Morgan fingerprint density at radius 2 is 1.24 bits per heavy atom. The van der Waals surface area contributed by atoms with Gasteiger partial charge in [0.15, 0.2) is 0 Å². The molecule has 3 nitrogen and oxygen atoms in total. The molecule has 38 heavy (non-hydrogen) atoms. The van der Waals surface area contributed by atoms with Gasteiger partial charge in [-0.2, -0.15) is 10.5 Å². The van der Waals surface area contributed by atoms with Gasteiger partial charge in [0.25, 0.3) is 0 Å². The van der Waals surface area contributed by atoms with Gasteiger partial charge in [-0.05, 0) is 52.6 Å². The van der Waals surface area contributed by atoms with Gasteiger partial charge in [0.2, 0.25) is 0 Å². The van der Waals surface area contributed by atoms with Crippen molar-refractivity contribution < 1.29 is 0 Å². The summed E-state index contributed by atoms with van der Waals surface area (Å²) in [4.78, 5) is 0. The van der Waals surface area contributed by atoms with E-state index in [9.17, 15) is 10.5 Å². The second-order valence-electron chi connectivity index (χ2n) is 10.4. The zero-order valence-electron chi connectivity index (χ0n) is 21.2. The van der Waals surface area contributed by atoms with Gasteiger partial charge in [-0.1, -0.05) is 86.6 Å². The van der Waals surface area contributed by atoms with Crippen molar-refractivity contribution in [2.24, 2.45) is 0 Å². The quantitative estimate of drug-likeness (QED) is 0.247. The van der Waals surface area contributed by atoms with Crippen LogP contribution in [0, 0.1) is 22.7 Å². The Morgan fingerprint density at radius 3 is 2.03 bits per heavy atom. The van der Waals surface area contributed by atoms with Crippen LogP contribution in [-0.4, -0.2) is 4.57 Å². The lowest BCUT2D eigenvalue weighted by Gasteiger charge is -2.21. The summed E-state index contributed by atoms with van der Waals surface area (Å²) in [5.74, 6) is 0. The minimum absolute atomic E-state index is 0.0656. The standard InChI is InChI=1S/C35H23N3/c1-35(2)30-15-5-3-11-25(30)29-19-24(17-18-31(29)35)38-32-16-6-4-12-26(32)27-13-8-14-28(34(27)38)33-22(20-36)9-7-10-23(33)21-37/h3-19H,1-2H3. The van der Waals surface area contributed by atoms with Crippen LogP contribution >= 0.6 is 0 Å². The molecule has 0 saturated carbocycles. The van der Waals surface area contributed by atoms with Crippen molar-refractivity contribution in [3.63, 3.8) is 0 Å². The predicted octanol–water partition coefficient (Wildman–Crippen LogP) is 8.50. The summed E-state index contributed by atoms with van der Waals surface area (Å²) in [6.45, 7) is 4.58. The monoisotopic (exact) mass is 485 g/mol. The molecular weight excluding hydrogens is 462 g/mol. The largest absolute Gasteiger partial charge is 0.309 e. The molecule has 0 spiro atoms. The third-order valence-corrected chi connectivity index (χ3v) is 8.09. The first-order chi connectivity index (χ1) is 18.5. The van der Waals surface area contributed by atoms with E-state index in [1.54, 1.807) is 18.2 Å². The zero-order chi connectivity index (χ0) is 26.0. The summed E-state index contributed by atoms with van der Waals surface area (Å²) < 4.78 is 2.30. The van der Waals surface area contributed by atoms with E-state index in [2.05, 4.69) is 103 Å². The van der Waals surface area contributed by atoms with E-state index in [1.165, 1.54) is 22.3 Å². The summed E-state index contributed by atoms with van der Waals surface area (Å²) in [6, 6.07) is 40.0. The number of nitrogens with zero attached hydrogens (tertiary/aromatic N) is 3. The lowest BCUT2D eigenvalue weighted by molar-refractivity contribution is 0.660. The average Bonchev–Trinajstić information content (AvgIpc) is 3.42. The van der Waals surface area contributed by atoms with E-state index in [4.69, 9.17) is 0 Å². The molecule has 5 aromatic carbocycles. The maximum Gasteiger partial charge on any atom is 0.0998 e. The first kappa shape index (κ1) is 22.1. The second kappa shape index (κ2) is 7.94. The third kappa shape index (κ3) is 2.88. The topological polar surface area (TPSA) is 52.5 Å². The van der Waals surface area contributed by atoms with Crippen molar-refractivity contribution in [3.05, 3.63) is 125 Å². The maximum absolute atomic E-state index is 9.98. The summed E-state index contributed by atoms with van der Waals surface area (Å²) >= 11 is 0. The minimum Gasteiger partial charge on any atom is -0.309 e. The van der Waals surface area contributed by atoms with Crippen molar-refractivity contribution in [1.82, 2.24) is 4.57 Å². The number of hydrogen-bond acceptors (Lipinski definition) is 2. The number of rotatable bonds is 2. The molecule has 0 saturated heterocycles. The van der Waals surface area contributed by atoms with E-state index in [0.29, 0.717) is 16.7 Å². The molecular formula is C35H23N3. The summed E-state index contributed by atoms with van der Waals surface area (Å²) in [7, 11) is 0. The van der Waals surface area contributed by atoms with Crippen molar-refractivity contribution in [2.45, 2.75) is 19.3 Å². The highest BCUT2D eigenvalue weighted by Crippen LogP contribution is 2.49. The fourth-order valence-electron chi connectivity index (χ4n) is 6.36. The van der Waals surface area contributed by atoms with E-state index >= 15 is 0 Å². The number of benzene rings is 5. The predicted molar refractivity (Wildman–Crippen MR) is 153 cm³/mol. The molecule has 0 unspecified atom stereocenters. The Bertz CT molecular complexity index is 1990. The Hall–Kier alpha value is -5.12. The summed E-state index contributed by atoms with van der Waals surface area (Å²) in [5.41, 5.74) is 10.8. The molecule has 6 aromatic rings. The molecule has 0 amide bonds. The van der Waals surface area contributed by atoms with Crippen molar-refractivity contribution in [3.8, 4) is 40.1 Å². The van der Waals surface area contributed by atoms with Crippen LogP contribution in [0.4, 0.5) is 0 Å². The average molecular weight is 486 g/mol. The van der Waals surface area contributed by atoms with E-state index in [1.807, 2.05) is 12.1 Å². The van der Waals surface area contributed by atoms with Gasteiger partial charge in [0.05, 0.1) is 34.3 Å². The number of nitriles is 2. The number of hydrogen-bond donors (Lipinski definition) is 0. The van der Waals surface area contributed by atoms with Crippen LogP contribution in [0.3, 0.4) is 0 Å². The smallest absolute Gasteiger partial charge is 0.0998 e. The van der Waals surface area contributed by atoms with Crippen LogP contribution in [0.1, 0.15) is 36.1 Å². The lowest BCUT2D eigenvalue weighted by Crippen LogP contribution is -2.14. The highest BCUT2D eigenvalue weighted by molar-refractivity contribution is 6.14. The molecule has 0 N–H and O–H groups in total. The van der Waals surface area contributed by atoms with Gasteiger partial charge in [-0.25, -0.2) is 0 Å². The van der Waals surface area contributed by atoms with Gasteiger partial charge in [-0.15, -0.1) is 0 Å². The summed E-state index contributed by atoms with van der Waals surface area (Å²) in [6.07, 6.45) is 0. The Kier molecular flexibility index (Phi) is 4.62. The molecule has 0 bridgehead atoms. The SMILES string of the molecule is CC1(C)c2ccccc2-c2cc(-n3c4ccccc4c4cccc(-c5c(C#N)cccc5C#N)c43)ccc21. The molecule has 1 aromatic heterocycles. The van der Waals surface area contributed by atoms with E-state index in [-0.39, 0.29) is 5.41 Å². The molecule has 0 aliphatic heterocycles. The van der Waals surface area contributed by atoms with E-state index < -0.39 is 0 Å².